The largest absolute Gasteiger partial charge is 0.393 e. The van der Waals surface area contributed by atoms with Gasteiger partial charge in [0.05, 0.1) is 18.7 Å². The second kappa shape index (κ2) is 11.0. The third-order valence-corrected chi connectivity index (χ3v) is 5.40. The van der Waals surface area contributed by atoms with E-state index in [1.165, 1.54) is 16.7 Å². The van der Waals surface area contributed by atoms with Gasteiger partial charge < -0.3 is 15.7 Å². The molecule has 0 saturated carbocycles. The number of likely N-dealkylation sites (tertiary alicyclic amines) is 1. The zero-order valence-corrected chi connectivity index (χ0v) is 17.6. The summed E-state index contributed by atoms with van der Waals surface area (Å²) in [5.41, 5.74) is 3.76. The van der Waals surface area contributed by atoms with Crippen LogP contribution in [0.4, 0.5) is 0 Å². The van der Waals surface area contributed by atoms with Gasteiger partial charge in [-0.05, 0) is 43.4 Å². The van der Waals surface area contributed by atoms with Gasteiger partial charge in [-0.3, -0.25) is 4.90 Å². The Morgan fingerprint density at radius 1 is 1.07 bits per heavy atom. The highest BCUT2D eigenvalue weighted by Crippen LogP contribution is 2.15. The minimum Gasteiger partial charge on any atom is -0.393 e. The van der Waals surface area contributed by atoms with Crippen molar-refractivity contribution in [2.75, 3.05) is 19.6 Å². The summed E-state index contributed by atoms with van der Waals surface area (Å²) in [6.07, 6.45) is 1.65. The number of guanidine groups is 1. The van der Waals surface area contributed by atoms with Crippen molar-refractivity contribution in [3.05, 3.63) is 71.3 Å². The van der Waals surface area contributed by atoms with Crippen LogP contribution >= 0.6 is 0 Å². The van der Waals surface area contributed by atoms with E-state index in [0.29, 0.717) is 6.54 Å². The van der Waals surface area contributed by atoms with Crippen molar-refractivity contribution in [2.45, 2.75) is 51.9 Å². The van der Waals surface area contributed by atoms with Crippen LogP contribution in [0.3, 0.4) is 0 Å². The van der Waals surface area contributed by atoms with E-state index >= 15 is 0 Å². The van der Waals surface area contributed by atoms with Crippen LogP contribution in [0.15, 0.2) is 59.6 Å². The predicted octanol–water partition coefficient (Wildman–Crippen LogP) is 3.46. The highest BCUT2D eigenvalue weighted by atomic mass is 16.3. The first-order chi connectivity index (χ1) is 14.1. The molecule has 5 nitrogen and oxygen atoms in total. The SMILES string of the molecule is CCNC(=NCc1ccc(CN2CCC(O)CC2)cc1)NC(C)c1ccccc1. The number of hydrogen-bond acceptors (Lipinski definition) is 3. The minimum atomic E-state index is -0.115. The summed E-state index contributed by atoms with van der Waals surface area (Å²) in [5.74, 6) is 0.833. The van der Waals surface area contributed by atoms with Gasteiger partial charge in [0, 0.05) is 26.2 Å². The van der Waals surface area contributed by atoms with Gasteiger partial charge in [0.1, 0.15) is 0 Å². The maximum atomic E-state index is 9.64. The van der Waals surface area contributed by atoms with Gasteiger partial charge in [-0.25, -0.2) is 4.99 Å². The molecule has 2 aromatic carbocycles. The summed E-state index contributed by atoms with van der Waals surface area (Å²) in [6.45, 7) is 8.61. The van der Waals surface area contributed by atoms with Crippen molar-refractivity contribution in [1.29, 1.82) is 0 Å². The predicted molar refractivity (Wildman–Crippen MR) is 120 cm³/mol. The average molecular weight is 395 g/mol. The molecule has 29 heavy (non-hydrogen) atoms. The second-order valence-corrected chi connectivity index (χ2v) is 7.80. The van der Waals surface area contributed by atoms with Crippen LogP contribution in [0, 0.1) is 0 Å². The fraction of sp³-hybridized carbons (Fsp3) is 0.458. The summed E-state index contributed by atoms with van der Waals surface area (Å²) >= 11 is 0. The number of aliphatic hydroxyl groups is 1. The number of nitrogens with zero attached hydrogens (tertiary/aromatic N) is 2. The van der Waals surface area contributed by atoms with Crippen molar-refractivity contribution < 1.29 is 5.11 Å². The highest BCUT2D eigenvalue weighted by Gasteiger charge is 2.16. The quantitative estimate of drug-likeness (QED) is 0.497. The van der Waals surface area contributed by atoms with E-state index in [1.54, 1.807) is 0 Å². The van der Waals surface area contributed by atoms with Crippen LogP contribution in [0.25, 0.3) is 0 Å². The summed E-state index contributed by atoms with van der Waals surface area (Å²) in [6, 6.07) is 19.3. The lowest BCUT2D eigenvalue weighted by atomic mass is 10.1. The smallest absolute Gasteiger partial charge is 0.192 e. The van der Waals surface area contributed by atoms with Gasteiger partial charge in [0.15, 0.2) is 5.96 Å². The van der Waals surface area contributed by atoms with Gasteiger partial charge >= 0.3 is 0 Å². The molecule has 1 unspecified atom stereocenters. The zero-order valence-electron chi connectivity index (χ0n) is 17.6. The maximum Gasteiger partial charge on any atom is 0.192 e. The highest BCUT2D eigenvalue weighted by molar-refractivity contribution is 5.80. The number of rotatable bonds is 7. The number of piperidine rings is 1. The fourth-order valence-corrected chi connectivity index (χ4v) is 3.61. The molecule has 3 N–H and O–H groups in total. The normalized spacial score (nSPS) is 17.1. The van der Waals surface area contributed by atoms with E-state index in [4.69, 9.17) is 4.99 Å². The summed E-state index contributed by atoms with van der Waals surface area (Å²) in [5, 5.41) is 16.5. The van der Waals surface area contributed by atoms with E-state index in [1.807, 2.05) is 6.07 Å². The second-order valence-electron chi connectivity index (χ2n) is 7.80. The van der Waals surface area contributed by atoms with Gasteiger partial charge in [0.2, 0.25) is 0 Å². The molecule has 1 aliphatic heterocycles. The lowest BCUT2D eigenvalue weighted by Crippen LogP contribution is -2.38. The molecule has 1 saturated heterocycles. The van der Waals surface area contributed by atoms with Crippen LogP contribution in [-0.2, 0) is 13.1 Å². The monoisotopic (exact) mass is 394 g/mol. The van der Waals surface area contributed by atoms with Crippen LogP contribution in [0.1, 0.15) is 49.4 Å². The van der Waals surface area contributed by atoms with Crippen LogP contribution in [0.5, 0.6) is 0 Å². The van der Waals surface area contributed by atoms with Crippen LogP contribution in [0.2, 0.25) is 0 Å². The van der Waals surface area contributed by atoms with Crippen molar-refractivity contribution in [1.82, 2.24) is 15.5 Å². The molecule has 2 aromatic rings. The first-order valence-corrected chi connectivity index (χ1v) is 10.7. The topological polar surface area (TPSA) is 59.9 Å². The Hall–Kier alpha value is -2.37. The van der Waals surface area contributed by atoms with E-state index in [-0.39, 0.29) is 12.1 Å². The van der Waals surface area contributed by atoms with E-state index < -0.39 is 0 Å². The first-order valence-electron chi connectivity index (χ1n) is 10.7. The molecule has 1 heterocycles. The summed E-state index contributed by atoms with van der Waals surface area (Å²) in [7, 11) is 0. The molecule has 0 radical (unpaired) electrons. The number of hydrogen-bond donors (Lipinski definition) is 3. The molecular weight excluding hydrogens is 360 g/mol. The Labute approximate surface area is 174 Å². The molecule has 5 heteroatoms. The molecule has 0 bridgehead atoms. The van der Waals surface area contributed by atoms with Crippen molar-refractivity contribution in [3.8, 4) is 0 Å². The Morgan fingerprint density at radius 2 is 1.72 bits per heavy atom. The third-order valence-electron chi connectivity index (χ3n) is 5.40. The van der Waals surface area contributed by atoms with Gasteiger partial charge in [-0.1, -0.05) is 54.6 Å². The van der Waals surface area contributed by atoms with Crippen LogP contribution in [-0.4, -0.2) is 41.7 Å². The van der Waals surface area contributed by atoms with E-state index in [0.717, 1.165) is 45.0 Å². The lowest BCUT2D eigenvalue weighted by Gasteiger charge is -2.29. The Balaban J connectivity index is 1.54. The Kier molecular flexibility index (Phi) is 8.08. The summed E-state index contributed by atoms with van der Waals surface area (Å²) < 4.78 is 0. The van der Waals surface area contributed by atoms with Crippen molar-refractivity contribution in [3.63, 3.8) is 0 Å². The summed E-state index contributed by atoms with van der Waals surface area (Å²) in [4.78, 5) is 7.17. The minimum absolute atomic E-state index is 0.115. The zero-order chi connectivity index (χ0) is 20.5. The Bertz CT molecular complexity index is 752. The molecule has 156 valence electrons. The first kappa shape index (κ1) is 21.3. The van der Waals surface area contributed by atoms with E-state index in [2.05, 4.69) is 77.9 Å². The number of aliphatic imine (C=N–C) groups is 1. The van der Waals surface area contributed by atoms with E-state index in [9.17, 15) is 5.11 Å². The lowest BCUT2D eigenvalue weighted by molar-refractivity contribution is 0.0792. The van der Waals surface area contributed by atoms with Gasteiger partial charge in [-0.15, -0.1) is 0 Å². The number of aliphatic hydroxyl groups excluding tert-OH is 1. The standard InChI is InChI=1S/C24H34N4O/c1-3-25-24(27-19(2)22-7-5-4-6-8-22)26-17-20-9-11-21(12-10-20)18-28-15-13-23(29)14-16-28/h4-12,19,23,29H,3,13-18H2,1-2H3,(H2,25,26,27). The molecule has 1 aliphatic rings. The van der Waals surface area contributed by atoms with Crippen molar-refractivity contribution >= 4 is 5.96 Å². The molecular formula is C24H34N4O. The Morgan fingerprint density at radius 3 is 2.38 bits per heavy atom. The number of benzene rings is 2. The third kappa shape index (κ3) is 6.87. The molecule has 1 atom stereocenters. The van der Waals surface area contributed by atoms with Gasteiger partial charge in [0.25, 0.3) is 0 Å². The number of nitrogens with one attached hydrogen (secondary N) is 2. The molecule has 0 spiro atoms. The molecule has 0 aliphatic carbocycles. The average Bonchev–Trinajstić information content (AvgIpc) is 2.75. The molecule has 0 aromatic heterocycles. The molecule has 3 rings (SSSR count). The van der Waals surface area contributed by atoms with Crippen LogP contribution < -0.4 is 10.6 Å². The fourth-order valence-electron chi connectivity index (χ4n) is 3.61. The van der Waals surface area contributed by atoms with Gasteiger partial charge in [-0.2, -0.15) is 0 Å². The van der Waals surface area contributed by atoms with Crippen molar-refractivity contribution in [2.24, 2.45) is 4.99 Å². The maximum absolute atomic E-state index is 9.64. The molecule has 1 fully saturated rings. The molecule has 0 amide bonds.